The predicted octanol–water partition coefficient (Wildman–Crippen LogP) is 2.63. The first kappa shape index (κ1) is 7.55. The lowest BCUT2D eigenvalue weighted by Crippen LogP contribution is -1.92. The van der Waals surface area contributed by atoms with Crippen molar-refractivity contribution in [2.75, 3.05) is 0 Å². The fourth-order valence-electron chi connectivity index (χ4n) is 1.03. The van der Waals surface area contributed by atoms with Gasteiger partial charge in [-0.25, -0.2) is 4.98 Å². The Hall–Kier alpha value is -1.09. The Bertz CT molecular complexity index is 368. The van der Waals surface area contributed by atoms with E-state index in [0.717, 1.165) is 10.4 Å². The van der Waals surface area contributed by atoms with Crippen molar-refractivity contribution in [3.63, 3.8) is 0 Å². The lowest BCUT2D eigenvalue weighted by Gasteiger charge is -2.00. The molecule has 3 heteroatoms. The van der Waals surface area contributed by atoms with Gasteiger partial charge in [0.2, 0.25) is 0 Å². The van der Waals surface area contributed by atoms with Crippen molar-refractivity contribution >= 4 is 15.9 Å². The Morgan fingerprint density at radius 3 is 2.50 bits per heavy atom. The van der Waals surface area contributed by atoms with Crippen LogP contribution in [0.2, 0.25) is 0 Å². The molecule has 60 valence electrons. The SMILES string of the molecule is Brc1cccc(-n2cccc2)n1. The Balaban J connectivity index is 2.48. The molecule has 0 aromatic carbocycles. The third-order valence-electron chi connectivity index (χ3n) is 1.57. The third kappa shape index (κ3) is 1.41. The van der Waals surface area contributed by atoms with Crippen LogP contribution in [-0.4, -0.2) is 9.55 Å². The summed E-state index contributed by atoms with van der Waals surface area (Å²) in [5.74, 6) is 0.925. The highest BCUT2D eigenvalue weighted by Crippen LogP contribution is 2.09. The number of pyridine rings is 1. The Labute approximate surface area is 79.0 Å². The van der Waals surface area contributed by atoms with E-state index in [1.54, 1.807) is 0 Å². The molecule has 0 N–H and O–H groups in total. The Kier molecular flexibility index (Phi) is 1.96. The van der Waals surface area contributed by atoms with Crippen LogP contribution in [0.5, 0.6) is 0 Å². The zero-order valence-electron chi connectivity index (χ0n) is 6.31. The summed E-state index contributed by atoms with van der Waals surface area (Å²) < 4.78 is 2.82. The lowest BCUT2D eigenvalue weighted by atomic mass is 10.5. The number of rotatable bonds is 1. The predicted molar refractivity (Wildman–Crippen MR) is 51.3 cm³/mol. The monoisotopic (exact) mass is 222 g/mol. The summed E-state index contributed by atoms with van der Waals surface area (Å²) in [6, 6.07) is 9.79. The van der Waals surface area contributed by atoms with Crippen molar-refractivity contribution in [2.24, 2.45) is 0 Å². The van der Waals surface area contributed by atoms with Crippen LogP contribution in [0.25, 0.3) is 5.82 Å². The summed E-state index contributed by atoms with van der Waals surface area (Å²) in [4.78, 5) is 4.30. The molecule has 2 rings (SSSR count). The van der Waals surface area contributed by atoms with E-state index in [9.17, 15) is 0 Å². The van der Waals surface area contributed by atoms with E-state index in [0.29, 0.717) is 0 Å². The van der Waals surface area contributed by atoms with Crippen LogP contribution in [0.3, 0.4) is 0 Å². The van der Waals surface area contributed by atoms with Crippen molar-refractivity contribution in [2.45, 2.75) is 0 Å². The van der Waals surface area contributed by atoms with Crippen LogP contribution in [0.15, 0.2) is 47.3 Å². The van der Waals surface area contributed by atoms with Crippen LogP contribution in [-0.2, 0) is 0 Å². The molecular weight excluding hydrogens is 216 g/mol. The molecule has 12 heavy (non-hydrogen) atoms. The van der Waals surface area contributed by atoms with Gasteiger partial charge >= 0.3 is 0 Å². The van der Waals surface area contributed by atoms with Crippen molar-refractivity contribution < 1.29 is 0 Å². The number of nitrogens with zero attached hydrogens (tertiary/aromatic N) is 2. The maximum absolute atomic E-state index is 4.30. The lowest BCUT2D eigenvalue weighted by molar-refractivity contribution is 0.999. The second-order valence-electron chi connectivity index (χ2n) is 2.41. The minimum absolute atomic E-state index is 0.855. The highest BCUT2D eigenvalue weighted by Gasteiger charge is 1.94. The standard InChI is InChI=1S/C9H7BrN2/c10-8-4-3-5-9(11-8)12-6-1-2-7-12/h1-7H. The van der Waals surface area contributed by atoms with Gasteiger partial charge in [-0.1, -0.05) is 6.07 Å². The summed E-state index contributed by atoms with van der Waals surface area (Å²) in [5.41, 5.74) is 0. The van der Waals surface area contributed by atoms with Crippen LogP contribution in [0.4, 0.5) is 0 Å². The van der Waals surface area contributed by atoms with Crippen molar-refractivity contribution in [1.29, 1.82) is 0 Å². The van der Waals surface area contributed by atoms with Gasteiger partial charge in [0, 0.05) is 12.4 Å². The molecule has 0 unspecified atom stereocenters. The molecule has 2 aromatic heterocycles. The second kappa shape index (κ2) is 3.11. The summed E-state index contributed by atoms with van der Waals surface area (Å²) >= 11 is 3.32. The van der Waals surface area contributed by atoms with Crippen LogP contribution < -0.4 is 0 Å². The molecule has 0 aliphatic heterocycles. The van der Waals surface area contributed by atoms with E-state index in [1.807, 2.05) is 47.3 Å². The first-order valence-corrected chi connectivity index (χ1v) is 4.41. The molecule has 0 bridgehead atoms. The smallest absolute Gasteiger partial charge is 0.137 e. The van der Waals surface area contributed by atoms with Gasteiger partial charge in [0.05, 0.1) is 0 Å². The van der Waals surface area contributed by atoms with E-state index < -0.39 is 0 Å². The molecule has 0 atom stereocenters. The molecule has 0 fully saturated rings. The fourth-order valence-corrected chi connectivity index (χ4v) is 1.36. The minimum atomic E-state index is 0.855. The summed E-state index contributed by atoms with van der Waals surface area (Å²) in [6.07, 6.45) is 3.93. The first-order valence-electron chi connectivity index (χ1n) is 3.62. The van der Waals surface area contributed by atoms with Gasteiger partial charge in [0.15, 0.2) is 0 Å². The van der Waals surface area contributed by atoms with Crippen LogP contribution in [0, 0.1) is 0 Å². The number of halogens is 1. The molecule has 0 radical (unpaired) electrons. The van der Waals surface area contributed by atoms with Crippen molar-refractivity contribution in [3.8, 4) is 5.82 Å². The summed E-state index contributed by atoms with van der Waals surface area (Å²) in [5, 5.41) is 0. The van der Waals surface area contributed by atoms with Crippen LogP contribution >= 0.6 is 15.9 Å². The maximum Gasteiger partial charge on any atom is 0.137 e. The molecule has 0 aliphatic rings. The van der Waals surface area contributed by atoms with E-state index in [-0.39, 0.29) is 0 Å². The van der Waals surface area contributed by atoms with Gasteiger partial charge < -0.3 is 4.57 Å². The van der Waals surface area contributed by atoms with Crippen LogP contribution in [0.1, 0.15) is 0 Å². The van der Waals surface area contributed by atoms with Gasteiger partial charge in [-0.15, -0.1) is 0 Å². The Morgan fingerprint density at radius 1 is 1.08 bits per heavy atom. The van der Waals surface area contributed by atoms with Gasteiger partial charge in [0.1, 0.15) is 10.4 Å². The second-order valence-corrected chi connectivity index (χ2v) is 3.22. The van der Waals surface area contributed by atoms with Gasteiger partial charge in [-0.3, -0.25) is 0 Å². The van der Waals surface area contributed by atoms with Gasteiger partial charge in [-0.2, -0.15) is 0 Å². The first-order chi connectivity index (χ1) is 5.86. The van der Waals surface area contributed by atoms with E-state index >= 15 is 0 Å². The molecule has 0 saturated heterocycles. The minimum Gasteiger partial charge on any atom is -0.309 e. The molecule has 2 heterocycles. The normalized spacial score (nSPS) is 10.1. The highest BCUT2D eigenvalue weighted by atomic mass is 79.9. The number of aromatic nitrogens is 2. The number of hydrogen-bond acceptors (Lipinski definition) is 1. The average molecular weight is 223 g/mol. The zero-order valence-corrected chi connectivity index (χ0v) is 7.90. The summed E-state index contributed by atoms with van der Waals surface area (Å²) in [7, 11) is 0. The number of hydrogen-bond donors (Lipinski definition) is 0. The Morgan fingerprint density at radius 2 is 1.83 bits per heavy atom. The molecule has 0 aliphatic carbocycles. The molecule has 0 saturated carbocycles. The third-order valence-corrected chi connectivity index (χ3v) is 2.01. The van der Waals surface area contributed by atoms with Crippen molar-refractivity contribution in [1.82, 2.24) is 9.55 Å². The van der Waals surface area contributed by atoms with E-state index in [1.165, 1.54) is 0 Å². The molecule has 2 nitrogen and oxygen atoms in total. The molecule has 0 spiro atoms. The van der Waals surface area contributed by atoms with Crippen molar-refractivity contribution in [3.05, 3.63) is 47.3 Å². The maximum atomic E-state index is 4.30. The molecule has 2 aromatic rings. The quantitative estimate of drug-likeness (QED) is 0.679. The van der Waals surface area contributed by atoms with Gasteiger partial charge in [0.25, 0.3) is 0 Å². The van der Waals surface area contributed by atoms with Gasteiger partial charge in [-0.05, 0) is 40.2 Å². The zero-order chi connectivity index (χ0) is 8.39. The molecule has 0 amide bonds. The fraction of sp³-hybridized carbons (Fsp3) is 0. The molecular formula is C9H7BrN2. The highest BCUT2D eigenvalue weighted by molar-refractivity contribution is 9.10. The topological polar surface area (TPSA) is 17.8 Å². The largest absolute Gasteiger partial charge is 0.309 e. The average Bonchev–Trinajstić information content (AvgIpc) is 2.56. The van der Waals surface area contributed by atoms with E-state index in [4.69, 9.17) is 0 Å². The summed E-state index contributed by atoms with van der Waals surface area (Å²) in [6.45, 7) is 0. The van der Waals surface area contributed by atoms with E-state index in [2.05, 4.69) is 20.9 Å².